The molecule has 4 nitrogen and oxygen atoms in total. The molecular formula is C12H15BrN2O2. The molecule has 17 heavy (non-hydrogen) atoms. The number of hydrogen-bond acceptors (Lipinski definition) is 3. The van der Waals surface area contributed by atoms with E-state index in [1.54, 1.807) is 0 Å². The molecule has 0 saturated carbocycles. The number of hydrogen-bond donors (Lipinski definition) is 2. The molecule has 1 aliphatic heterocycles. The van der Waals surface area contributed by atoms with Crippen molar-refractivity contribution in [1.82, 2.24) is 4.90 Å². The van der Waals surface area contributed by atoms with Crippen LogP contribution in [0.5, 0.6) is 0 Å². The zero-order valence-electron chi connectivity index (χ0n) is 9.34. The van der Waals surface area contributed by atoms with Crippen molar-refractivity contribution >= 4 is 21.8 Å². The predicted octanol–water partition coefficient (Wildman–Crippen LogP) is 0.870. The molecule has 1 amide bonds. The lowest BCUT2D eigenvalue weighted by molar-refractivity contribution is -0.122. The van der Waals surface area contributed by atoms with Gasteiger partial charge in [-0.15, -0.1) is 0 Å². The molecule has 3 N–H and O–H groups in total. The van der Waals surface area contributed by atoms with Crippen LogP contribution in [0.3, 0.4) is 0 Å². The maximum absolute atomic E-state index is 11.3. The van der Waals surface area contributed by atoms with Gasteiger partial charge in [0.05, 0.1) is 12.1 Å². The first-order valence-electron chi connectivity index (χ1n) is 5.52. The second-order valence-corrected chi connectivity index (χ2v) is 5.28. The highest BCUT2D eigenvalue weighted by Crippen LogP contribution is 2.21. The summed E-state index contributed by atoms with van der Waals surface area (Å²) in [7, 11) is 0. The van der Waals surface area contributed by atoms with Crippen LogP contribution in [0.4, 0.5) is 0 Å². The molecule has 0 radical (unpaired) electrons. The van der Waals surface area contributed by atoms with Gasteiger partial charge in [0.2, 0.25) is 5.91 Å². The maximum Gasteiger partial charge on any atom is 0.234 e. The van der Waals surface area contributed by atoms with Crippen LogP contribution >= 0.6 is 15.9 Å². The van der Waals surface area contributed by atoms with Gasteiger partial charge in [0.25, 0.3) is 0 Å². The van der Waals surface area contributed by atoms with E-state index >= 15 is 0 Å². The average molecular weight is 299 g/mol. The Labute approximate surface area is 109 Å². The van der Waals surface area contributed by atoms with Crippen LogP contribution in [0.15, 0.2) is 28.7 Å². The lowest BCUT2D eigenvalue weighted by Crippen LogP contribution is -2.39. The monoisotopic (exact) mass is 298 g/mol. The van der Waals surface area contributed by atoms with Gasteiger partial charge in [0, 0.05) is 17.6 Å². The number of aliphatic hydroxyl groups excluding tert-OH is 1. The molecule has 0 bridgehead atoms. The summed E-state index contributed by atoms with van der Waals surface area (Å²) in [5.41, 5.74) is 6.43. The number of benzene rings is 1. The molecule has 1 saturated heterocycles. The fourth-order valence-electron chi connectivity index (χ4n) is 2.17. The first kappa shape index (κ1) is 12.5. The number of carbonyl (C=O) groups excluding carboxylic acids is 1. The summed E-state index contributed by atoms with van der Waals surface area (Å²) < 4.78 is 1.02. The van der Waals surface area contributed by atoms with Crippen molar-refractivity contribution in [3.05, 3.63) is 34.3 Å². The van der Waals surface area contributed by atoms with Gasteiger partial charge in [-0.05, 0) is 24.1 Å². The van der Waals surface area contributed by atoms with E-state index in [4.69, 9.17) is 5.73 Å². The Morgan fingerprint density at radius 2 is 2.12 bits per heavy atom. The molecule has 2 rings (SSSR count). The SMILES string of the molecule is NC(=O)C1CC(O)CN1Cc1ccc(Br)cc1. The zero-order chi connectivity index (χ0) is 12.4. The number of rotatable bonds is 3. The van der Waals surface area contributed by atoms with Crippen LogP contribution in [0, 0.1) is 0 Å². The highest BCUT2D eigenvalue weighted by molar-refractivity contribution is 9.10. The minimum atomic E-state index is -0.456. The molecule has 1 heterocycles. The molecule has 2 unspecified atom stereocenters. The van der Waals surface area contributed by atoms with Crippen molar-refractivity contribution < 1.29 is 9.90 Å². The Morgan fingerprint density at radius 1 is 1.47 bits per heavy atom. The summed E-state index contributed by atoms with van der Waals surface area (Å²) in [5.74, 6) is -0.362. The van der Waals surface area contributed by atoms with E-state index in [0.29, 0.717) is 19.5 Å². The van der Waals surface area contributed by atoms with Gasteiger partial charge in [-0.3, -0.25) is 9.69 Å². The molecule has 0 aromatic heterocycles. The third-order valence-electron chi connectivity index (χ3n) is 3.01. The second kappa shape index (κ2) is 5.16. The molecule has 1 aromatic carbocycles. The Bertz CT molecular complexity index is 407. The van der Waals surface area contributed by atoms with Crippen molar-refractivity contribution in [2.24, 2.45) is 5.73 Å². The minimum Gasteiger partial charge on any atom is -0.392 e. The summed E-state index contributed by atoms with van der Waals surface area (Å²) in [6.07, 6.45) is -0.0192. The number of nitrogens with two attached hydrogens (primary N) is 1. The topological polar surface area (TPSA) is 66.6 Å². The van der Waals surface area contributed by atoms with Gasteiger partial charge in [-0.2, -0.15) is 0 Å². The lowest BCUT2D eigenvalue weighted by atomic mass is 10.1. The number of β-amino-alcohol motifs (C(OH)–C–C–N with tert-alkyl or cyclic N) is 1. The van der Waals surface area contributed by atoms with Gasteiger partial charge in [0.1, 0.15) is 0 Å². The normalized spacial score (nSPS) is 25.1. The van der Waals surface area contributed by atoms with Crippen molar-refractivity contribution in [3.63, 3.8) is 0 Å². The summed E-state index contributed by atoms with van der Waals surface area (Å²) >= 11 is 3.38. The van der Waals surface area contributed by atoms with E-state index < -0.39 is 6.10 Å². The average Bonchev–Trinajstić information content (AvgIpc) is 2.63. The van der Waals surface area contributed by atoms with E-state index in [1.807, 2.05) is 29.2 Å². The number of likely N-dealkylation sites (tertiary alicyclic amines) is 1. The molecule has 92 valence electrons. The molecule has 1 aliphatic rings. The predicted molar refractivity (Wildman–Crippen MR) is 68.2 cm³/mol. The first-order chi connectivity index (χ1) is 8.06. The van der Waals surface area contributed by atoms with Gasteiger partial charge in [0.15, 0.2) is 0 Å². The van der Waals surface area contributed by atoms with Crippen LogP contribution in [-0.2, 0) is 11.3 Å². The number of halogens is 1. The molecule has 2 atom stereocenters. The minimum absolute atomic E-state index is 0.353. The molecule has 5 heteroatoms. The fraction of sp³-hybridized carbons (Fsp3) is 0.417. The number of primary amides is 1. The van der Waals surface area contributed by atoms with Crippen LogP contribution < -0.4 is 5.73 Å². The van der Waals surface area contributed by atoms with Crippen LogP contribution in [0.25, 0.3) is 0 Å². The number of amides is 1. The molecule has 0 spiro atoms. The molecule has 1 aromatic rings. The van der Waals surface area contributed by atoms with Crippen LogP contribution in [0.2, 0.25) is 0 Å². The summed E-state index contributed by atoms with van der Waals surface area (Å²) in [5, 5.41) is 9.58. The van der Waals surface area contributed by atoms with Gasteiger partial charge in [-0.25, -0.2) is 0 Å². The third kappa shape index (κ3) is 3.06. The third-order valence-corrected chi connectivity index (χ3v) is 3.54. The Balaban J connectivity index is 2.07. The van der Waals surface area contributed by atoms with Crippen molar-refractivity contribution in [2.75, 3.05) is 6.54 Å². The van der Waals surface area contributed by atoms with Crippen molar-refractivity contribution in [1.29, 1.82) is 0 Å². The van der Waals surface area contributed by atoms with Crippen molar-refractivity contribution in [3.8, 4) is 0 Å². The van der Waals surface area contributed by atoms with E-state index in [9.17, 15) is 9.90 Å². The highest BCUT2D eigenvalue weighted by atomic mass is 79.9. The van der Waals surface area contributed by atoms with E-state index in [2.05, 4.69) is 15.9 Å². The standard InChI is InChI=1S/C12H15BrN2O2/c13-9-3-1-8(2-4-9)6-15-7-10(16)5-11(15)12(14)17/h1-4,10-11,16H,5-7H2,(H2,14,17). The second-order valence-electron chi connectivity index (χ2n) is 4.36. The van der Waals surface area contributed by atoms with Crippen LogP contribution in [0.1, 0.15) is 12.0 Å². The van der Waals surface area contributed by atoms with Gasteiger partial charge < -0.3 is 10.8 Å². The lowest BCUT2D eigenvalue weighted by Gasteiger charge is -2.21. The smallest absolute Gasteiger partial charge is 0.234 e. The summed E-state index contributed by atoms with van der Waals surface area (Å²) in [4.78, 5) is 13.2. The summed E-state index contributed by atoms with van der Waals surface area (Å²) in [6.45, 7) is 1.14. The molecular weight excluding hydrogens is 284 g/mol. The number of nitrogens with zero attached hydrogens (tertiary/aromatic N) is 1. The van der Waals surface area contributed by atoms with E-state index in [0.717, 1.165) is 10.0 Å². The fourth-order valence-corrected chi connectivity index (χ4v) is 2.44. The molecule has 0 aliphatic carbocycles. The highest BCUT2D eigenvalue weighted by Gasteiger charge is 2.34. The number of carbonyl (C=O) groups is 1. The van der Waals surface area contributed by atoms with E-state index in [-0.39, 0.29) is 11.9 Å². The Kier molecular flexibility index (Phi) is 3.81. The molecule has 1 fully saturated rings. The van der Waals surface area contributed by atoms with Crippen molar-refractivity contribution in [2.45, 2.75) is 25.1 Å². The first-order valence-corrected chi connectivity index (χ1v) is 6.31. The number of aliphatic hydroxyl groups is 1. The summed E-state index contributed by atoms with van der Waals surface area (Å²) in [6, 6.07) is 7.55. The zero-order valence-corrected chi connectivity index (χ0v) is 10.9. The Hall–Kier alpha value is -0.910. The Morgan fingerprint density at radius 3 is 2.71 bits per heavy atom. The van der Waals surface area contributed by atoms with Crippen LogP contribution in [-0.4, -0.2) is 34.6 Å². The van der Waals surface area contributed by atoms with Gasteiger partial charge >= 0.3 is 0 Å². The maximum atomic E-state index is 11.3. The van der Waals surface area contributed by atoms with Gasteiger partial charge in [-0.1, -0.05) is 28.1 Å². The van der Waals surface area contributed by atoms with E-state index in [1.165, 1.54) is 0 Å². The largest absolute Gasteiger partial charge is 0.392 e. The quantitative estimate of drug-likeness (QED) is 0.870.